The Kier molecular flexibility index (Phi) is 3.12. The zero-order chi connectivity index (χ0) is 7.40. The van der Waals surface area contributed by atoms with Gasteiger partial charge in [-0.25, -0.2) is 0 Å². The van der Waals surface area contributed by atoms with Gasteiger partial charge in [0.2, 0.25) is 0 Å². The van der Waals surface area contributed by atoms with Gasteiger partial charge in [0.15, 0.2) is 0 Å². The van der Waals surface area contributed by atoms with Gasteiger partial charge >= 0.3 is 0 Å². The van der Waals surface area contributed by atoms with Crippen LogP contribution in [0.3, 0.4) is 0 Å². The Hall–Kier alpha value is -0.120. The van der Waals surface area contributed by atoms with Crippen molar-refractivity contribution in [3.8, 4) is 0 Å². The Labute approximate surface area is 61.8 Å². The first-order valence-corrected chi connectivity index (χ1v) is 3.95. The predicted octanol–water partition coefficient (Wildman–Crippen LogP) is -0.251. The van der Waals surface area contributed by atoms with Crippen molar-refractivity contribution in [2.75, 3.05) is 19.7 Å². The van der Waals surface area contributed by atoms with Crippen LogP contribution in [0.1, 0.15) is 19.3 Å². The maximum absolute atomic E-state index is 8.64. The first-order chi connectivity index (χ1) is 4.84. The summed E-state index contributed by atoms with van der Waals surface area (Å²) in [7, 11) is 0. The molecule has 0 aromatic rings. The largest absolute Gasteiger partial charge is 0.395 e. The number of hydrogen-bond acceptors (Lipinski definition) is 3. The maximum Gasteiger partial charge on any atom is 0.0572 e. The van der Waals surface area contributed by atoms with Gasteiger partial charge in [-0.05, 0) is 25.8 Å². The minimum atomic E-state index is 0.195. The number of nitrogens with two attached hydrogens (primary N) is 1. The van der Waals surface area contributed by atoms with Crippen LogP contribution >= 0.6 is 0 Å². The average molecular weight is 144 g/mol. The molecule has 0 aromatic carbocycles. The molecule has 3 nitrogen and oxygen atoms in total. The lowest BCUT2D eigenvalue weighted by atomic mass is 10.1. The van der Waals surface area contributed by atoms with Crippen LogP contribution in [0.5, 0.6) is 0 Å². The molecule has 1 fully saturated rings. The van der Waals surface area contributed by atoms with E-state index in [1.54, 1.807) is 0 Å². The van der Waals surface area contributed by atoms with Crippen molar-refractivity contribution >= 4 is 0 Å². The highest BCUT2D eigenvalue weighted by molar-refractivity contribution is 4.70. The van der Waals surface area contributed by atoms with Crippen LogP contribution in [0.15, 0.2) is 0 Å². The summed E-state index contributed by atoms with van der Waals surface area (Å²) < 4.78 is 0. The van der Waals surface area contributed by atoms with Crippen LogP contribution < -0.4 is 5.73 Å². The molecule has 0 aromatic heterocycles. The van der Waals surface area contributed by atoms with Crippen LogP contribution in [0.25, 0.3) is 0 Å². The molecule has 0 bridgehead atoms. The molecule has 1 rings (SSSR count). The molecular weight excluding hydrogens is 128 g/mol. The highest BCUT2D eigenvalue weighted by atomic mass is 16.3. The molecule has 1 saturated heterocycles. The maximum atomic E-state index is 8.64. The summed E-state index contributed by atoms with van der Waals surface area (Å²) in [4.78, 5) is 2.14. The topological polar surface area (TPSA) is 49.5 Å². The normalized spacial score (nSPS) is 28.8. The molecule has 1 atom stereocenters. The predicted molar refractivity (Wildman–Crippen MR) is 40.5 cm³/mol. The minimum absolute atomic E-state index is 0.195. The molecule has 3 N–H and O–H groups in total. The second kappa shape index (κ2) is 3.91. The van der Waals surface area contributed by atoms with E-state index in [2.05, 4.69) is 4.90 Å². The van der Waals surface area contributed by atoms with Crippen molar-refractivity contribution in [1.29, 1.82) is 0 Å². The number of nitrogens with zero attached hydrogens (tertiary/aromatic N) is 1. The van der Waals surface area contributed by atoms with Crippen molar-refractivity contribution < 1.29 is 5.11 Å². The molecule has 60 valence electrons. The molecule has 10 heavy (non-hydrogen) atoms. The van der Waals surface area contributed by atoms with Crippen molar-refractivity contribution in [1.82, 2.24) is 4.90 Å². The summed E-state index contributed by atoms with van der Waals surface area (Å²) in [6, 6.07) is 0. The van der Waals surface area contributed by atoms with Crippen molar-refractivity contribution in [3.63, 3.8) is 0 Å². The summed E-state index contributed by atoms with van der Waals surface area (Å²) in [5.74, 6) is 0. The van der Waals surface area contributed by atoms with E-state index in [-0.39, 0.29) is 12.8 Å². The number of likely N-dealkylation sites (tertiary alicyclic amines) is 1. The lowest BCUT2D eigenvalue weighted by Crippen LogP contribution is -2.46. The lowest BCUT2D eigenvalue weighted by molar-refractivity contribution is 0.120. The van der Waals surface area contributed by atoms with Gasteiger partial charge in [-0.15, -0.1) is 0 Å². The van der Waals surface area contributed by atoms with Crippen molar-refractivity contribution in [2.45, 2.75) is 25.4 Å². The van der Waals surface area contributed by atoms with Crippen LogP contribution in [0, 0.1) is 0 Å². The van der Waals surface area contributed by atoms with E-state index in [9.17, 15) is 0 Å². The third kappa shape index (κ3) is 1.94. The minimum Gasteiger partial charge on any atom is -0.395 e. The highest BCUT2D eigenvalue weighted by Crippen LogP contribution is 2.11. The Morgan fingerprint density at radius 3 is 2.90 bits per heavy atom. The Morgan fingerprint density at radius 1 is 1.50 bits per heavy atom. The molecule has 1 aliphatic rings. The van der Waals surface area contributed by atoms with Crippen LogP contribution in [-0.2, 0) is 0 Å². The first kappa shape index (κ1) is 7.98. The zero-order valence-corrected chi connectivity index (χ0v) is 6.29. The van der Waals surface area contributed by atoms with Crippen LogP contribution in [0.2, 0.25) is 0 Å². The van der Waals surface area contributed by atoms with E-state index < -0.39 is 0 Å². The van der Waals surface area contributed by atoms with Gasteiger partial charge in [0.25, 0.3) is 0 Å². The van der Waals surface area contributed by atoms with Crippen molar-refractivity contribution in [3.05, 3.63) is 0 Å². The monoisotopic (exact) mass is 144 g/mol. The second-order valence-corrected chi connectivity index (χ2v) is 2.82. The number of aliphatic hydroxyl groups is 1. The first-order valence-electron chi connectivity index (χ1n) is 3.95. The molecular formula is C7H16N2O. The van der Waals surface area contributed by atoms with Gasteiger partial charge in [0, 0.05) is 6.54 Å². The van der Waals surface area contributed by atoms with E-state index in [0.717, 1.165) is 19.5 Å². The number of rotatable bonds is 2. The summed E-state index contributed by atoms with van der Waals surface area (Å²) in [5.41, 5.74) is 5.78. The van der Waals surface area contributed by atoms with Gasteiger partial charge in [0.05, 0.1) is 12.8 Å². The molecule has 1 heterocycles. The SMILES string of the molecule is NC1CCCCN1CCO. The van der Waals surface area contributed by atoms with E-state index in [0.29, 0.717) is 0 Å². The third-order valence-corrected chi connectivity index (χ3v) is 2.05. The summed E-state index contributed by atoms with van der Waals surface area (Å²) in [5, 5.41) is 8.64. The fraction of sp³-hybridized carbons (Fsp3) is 1.00. The highest BCUT2D eigenvalue weighted by Gasteiger charge is 2.16. The van der Waals surface area contributed by atoms with Gasteiger partial charge in [-0.2, -0.15) is 0 Å². The van der Waals surface area contributed by atoms with E-state index >= 15 is 0 Å². The second-order valence-electron chi connectivity index (χ2n) is 2.82. The molecule has 0 radical (unpaired) electrons. The zero-order valence-electron chi connectivity index (χ0n) is 6.29. The fourth-order valence-corrected chi connectivity index (χ4v) is 1.42. The molecule has 1 unspecified atom stereocenters. The Bertz CT molecular complexity index is 95.6. The Balaban J connectivity index is 2.25. The van der Waals surface area contributed by atoms with Crippen LogP contribution in [0.4, 0.5) is 0 Å². The number of hydrogen-bond donors (Lipinski definition) is 2. The lowest BCUT2D eigenvalue weighted by Gasteiger charge is -2.32. The standard InChI is InChI=1S/C7H16N2O/c8-7-3-1-2-4-9(7)5-6-10/h7,10H,1-6,8H2. The van der Waals surface area contributed by atoms with E-state index in [1.807, 2.05) is 0 Å². The molecule has 0 saturated carbocycles. The molecule has 0 spiro atoms. The summed E-state index contributed by atoms with van der Waals surface area (Å²) >= 11 is 0. The van der Waals surface area contributed by atoms with Gasteiger partial charge in [-0.1, -0.05) is 0 Å². The average Bonchev–Trinajstić information content (AvgIpc) is 1.94. The number of β-amino-alcohol motifs (C(OH)–C–C–N with tert-alkyl or cyclic N) is 1. The quantitative estimate of drug-likeness (QED) is 0.562. The molecule has 3 heteroatoms. The van der Waals surface area contributed by atoms with E-state index in [4.69, 9.17) is 10.8 Å². The molecule has 0 amide bonds. The molecule has 0 aliphatic carbocycles. The number of aliphatic hydroxyl groups excluding tert-OH is 1. The number of piperidine rings is 1. The van der Waals surface area contributed by atoms with E-state index in [1.165, 1.54) is 12.8 Å². The fourth-order valence-electron chi connectivity index (χ4n) is 1.42. The van der Waals surface area contributed by atoms with Gasteiger partial charge in [0.1, 0.15) is 0 Å². The van der Waals surface area contributed by atoms with Crippen molar-refractivity contribution in [2.24, 2.45) is 5.73 Å². The smallest absolute Gasteiger partial charge is 0.0572 e. The van der Waals surface area contributed by atoms with Crippen LogP contribution in [-0.4, -0.2) is 35.9 Å². The van der Waals surface area contributed by atoms with Gasteiger partial charge in [-0.3, -0.25) is 4.90 Å². The van der Waals surface area contributed by atoms with Gasteiger partial charge < -0.3 is 10.8 Å². The third-order valence-electron chi connectivity index (χ3n) is 2.05. The Morgan fingerprint density at radius 2 is 2.30 bits per heavy atom. The molecule has 1 aliphatic heterocycles. The summed E-state index contributed by atoms with van der Waals surface area (Å²) in [6.45, 7) is 2.02. The summed E-state index contributed by atoms with van der Waals surface area (Å²) in [6.07, 6.45) is 3.75.